The number of nitrogens with zero attached hydrogens (tertiary/aromatic N) is 1. The lowest BCUT2D eigenvalue weighted by atomic mass is 9.86. The first-order valence-electron chi connectivity index (χ1n) is 9.56. The van der Waals surface area contributed by atoms with E-state index in [0.717, 1.165) is 5.56 Å². The number of rotatable bonds is 4. The molecule has 0 aromatic heterocycles. The Kier molecular flexibility index (Phi) is 6.25. The monoisotopic (exact) mass is 396 g/mol. The van der Waals surface area contributed by atoms with Gasteiger partial charge in [0.25, 0.3) is 0 Å². The van der Waals surface area contributed by atoms with Crippen molar-refractivity contribution < 1.29 is 19.1 Å². The van der Waals surface area contributed by atoms with Crippen molar-refractivity contribution in [2.75, 3.05) is 13.1 Å². The highest BCUT2D eigenvalue weighted by molar-refractivity contribution is 6.30. The molecule has 148 valence electrons. The van der Waals surface area contributed by atoms with Gasteiger partial charge < -0.3 is 15.3 Å². The summed E-state index contributed by atoms with van der Waals surface area (Å²) >= 11 is 5.87. The van der Waals surface area contributed by atoms with Gasteiger partial charge in [-0.05, 0) is 56.2 Å². The number of carboxylic acid groups (broad SMARTS) is 1. The van der Waals surface area contributed by atoms with Crippen LogP contribution in [-0.2, 0) is 11.2 Å². The van der Waals surface area contributed by atoms with Crippen molar-refractivity contribution in [3.05, 3.63) is 34.9 Å². The molecule has 7 heteroatoms. The maximum absolute atomic E-state index is 15.1. The first kappa shape index (κ1) is 19.9. The Balaban J connectivity index is 1.45. The molecule has 1 saturated heterocycles. The lowest BCUT2D eigenvalue weighted by Gasteiger charge is -2.37. The topological polar surface area (TPSA) is 69.6 Å². The molecule has 0 bridgehead atoms. The van der Waals surface area contributed by atoms with E-state index in [1.54, 1.807) is 17.0 Å². The number of nitrogens with one attached hydrogen (secondary N) is 1. The number of likely N-dealkylation sites (tertiary alicyclic amines) is 1. The summed E-state index contributed by atoms with van der Waals surface area (Å²) in [7, 11) is 0. The molecule has 3 rings (SSSR count). The molecule has 1 saturated carbocycles. The first-order valence-corrected chi connectivity index (χ1v) is 9.94. The number of amides is 2. The number of piperidine rings is 1. The van der Waals surface area contributed by atoms with Crippen LogP contribution in [0.3, 0.4) is 0 Å². The summed E-state index contributed by atoms with van der Waals surface area (Å²) in [6.45, 7) is 0.779. The molecule has 1 heterocycles. The number of halogens is 2. The zero-order valence-corrected chi connectivity index (χ0v) is 16.1. The Morgan fingerprint density at radius 3 is 2.30 bits per heavy atom. The van der Waals surface area contributed by atoms with Gasteiger partial charge in [0.15, 0.2) is 0 Å². The quantitative estimate of drug-likeness (QED) is 0.806. The van der Waals surface area contributed by atoms with Gasteiger partial charge in [-0.2, -0.15) is 0 Å². The van der Waals surface area contributed by atoms with E-state index in [2.05, 4.69) is 5.32 Å². The fourth-order valence-electron chi connectivity index (χ4n) is 4.01. The lowest BCUT2D eigenvalue weighted by molar-refractivity contribution is -0.142. The number of aliphatic carboxylic acids is 1. The lowest BCUT2D eigenvalue weighted by Crippen LogP contribution is -2.51. The predicted octanol–water partition coefficient (Wildman–Crippen LogP) is 4.04. The van der Waals surface area contributed by atoms with Crippen LogP contribution in [0.25, 0.3) is 0 Å². The van der Waals surface area contributed by atoms with Crippen molar-refractivity contribution in [3.8, 4) is 0 Å². The predicted molar refractivity (Wildman–Crippen MR) is 102 cm³/mol. The van der Waals surface area contributed by atoms with Gasteiger partial charge in [-0.25, -0.2) is 9.18 Å². The van der Waals surface area contributed by atoms with Crippen molar-refractivity contribution in [1.82, 2.24) is 10.2 Å². The summed E-state index contributed by atoms with van der Waals surface area (Å²) < 4.78 is 15.1. The van der Waals surface area contributed by atoms with Crippen LogP contribution >= 0.6 is 11.6 Å². The summed E-state index contributed by atoms with van der Waals surface area (Å²) in [5.41, 5.74) is -0.389. The molecule has 0 radical (unpaired) electrons. The number of carbonyl (C=O) groups is 2. The first-order chi connectivity index (χ1) is 12.8. The number of urea groups is 1. The number of carbonyl (C=O) groups excluding carboxylic acids is 1. The Morgan fingerprint density at radius 2 is 1.74 bits per heavy atom. The van der Waals surface area contributed by atoms with E-state index in [1.165, 1.54) is 0 Å². The third-order valence-electron chi connectivity index (χ3n) is 5.78. The summed E-state index contributed by atoms with van der Waals surface area (Å²) in [6.07, 6.45) is 3.51. The zero-order valence-electron chi connectivity index (χ0n) is 15.3. The number of hydrogen-bond donors (Lipinski definition) is 2. The van der Waals surface area contributed by atoms with Crippen molar-refractivity contribution in [3.63, 3.8) is 0 Å². The fourth-order valence-corrected chi connectivity index (χ4v) is 4.13. The Labute approximate surface area is 163 Å². The van der Waals surface area contributed by atoms with Gasteiger partial charge >= 0.3 is 12.0 Å². The molecule has 2 fully saturated rings. The largest absolute Gasteiger partial charge is 0.481 e. The van der Waals surface area contributed by atoms with E-state index in [0.29, 0.717) is 63.1 Å². The van der Waals surface area contributed by atoms with E-state index in [9.17, 15) is 9.59 Å². The third-order valence-corrected chi connectivity index (χ3v) is 6.04. The van der Waals surface area contributed by atoms with Crippen LogP contribution in [0, 0.1) is 5.92 Å². The second-order valence-electron chi connectivity index (χ2n) is 7.78. The van der Waals surface area contributed by atoms with E-state index in [1.807, 2.05) is 12.1 Å². The molecule has 0 spiro atoms. The van der Waals surface area contributed by atoms with Crippen LogP contribution in [0.15, 0.2) is 24.3 Å². The molecular weight excluding hydrogens is 371 g/mol. The number of benzene rings is 1. The maximum atomic E-state index is 15.1. The minimum atomic E-state index is -1.30. The molecule has 1 aliphatic heterocycles. The Morgan fingerprint density at radius 1 is 1.15 bits per heavy atom. The second-order valence-corrected chi connectivity index (χ2v) is 8.21. The Bertz CT molecular complexity index is 666. The van der Waals surface area contributed by atoms with E-state index in [-0.39, 0.29) is 18.0 Å². The van der Waals surface area contributed by atoms with Gasteiger partial charge in [0, 0.05) is 30.6 Å². The molecule has 2 amide bonds. The van der Waals surface area contributed by atoms with Crippen molar-refractivity contribution in [2.24, 2.45) is 5.92 Å². The molecule has 2 N–H and O–H groups in total. The molecule has 27 heavy (non-hydrogen) atoms. The fraction of sp³-hybridized carbons (Fsp3) is 0.600. The van der Waals surface area contributed by atoms with E-state index >= 15 is 4.39 Å². The molecule has 0 atom stereocenters. The standard InChI is InChI=1S/C20H26ClFN2O3/c21-16-5-1-14(2-6-16)13-20(22)9-11-24(12-10-20)19(27)23-17-7-3-15(4-8-17)18(25)26/h1-2,5-6,15,17H,3-4,7-13H2,(H,23,27)(H,25,26). The summed E-state index contributed by atoms with van der Waals surface area (Å²) in [5, 5.41) is 12.7. The number of alkyl halides is 1. The minimum absolute atomic E-state index is 0.0132. The zero-order chi connectivity index (χ0) is 19.4. The molecule has 5 nitrogen and oxygen atoms in total. The molecular formula is C20H26ClFN2O3. The van der Waals surface area contributed by atoms with Crippen LogP contribution in [0.4, 0.5) is 9.18 Å². The molecule has 2 aliphatic rings. The molecule has 0 unspecified atom stereocenters. The molecule has 1 aromatic carbocycles. The van der Waals surface area contributed by atoms with Gasteiger partial charge in [0.05, 0.1) is 5.92 Å². The third kappa shape index (κ3) is 5.34. The highest BCUT2D eigenvalue weighted by atomic mass is 35.5. The summed E-state index contributed by atoms with van der Waals surface area (Å²) in [6, 6.07) is 7.07. The highest BCUT2D eigenvalue weighted by Gasteiger charge is 2.36. The van der Waals surface area contributed by atoms with E-state index < -0.39 is 11.6 Å². The maximum Gasteiger partial charge on any atom is 0.317 e. The van der Waals surface area contributed by atoms with Crippen LogP contribution in [0.2, 0.25) is 5.02 Å². The minimum Gasteiger partial charge on any atom is -0.481 e. The molecule has 1 aromatic rings. The van der Waals surface area contributed by atoms with Crippen LogP contribution in [-0.4, -0.2) is 46.8 Å². The second kappa shape index (κ2) is 8.46. The van der Waals surface area contributed by atoms with Gasteiger partial charge in [0.1, 0.15) is 5.67 Å². The SMILES string of the molecule is O=C(O)C1CCC(NC(=O)N2CCC(F)(Cc3ccc(Cl)cc3)CC2)CC1. The van der Waals surface area contributed by atoms with Crippen molar-refractivity contribution in [2.45, 2.75) is 56.7 Å². The van der Waals surface area contributed by atoms with Crippen LogP contribution in [0.1, 0.15) is 44.1 Å². The molecule has 1 aliphatic carbocycles. The van der Waals surface area contributed by atoms with Gasteiger partial charge in [-0.3, -0.25) is 4.79 Å². The van der Waals surface area contributed by atoms with Gasteiger partial charge in [0.2, 0.25) is 0 Å². The summed E-state index contributed by atoms with van der Waals surface area (Å²) in [4.78, 5) is 25.1. The highest BCUT2D eigenvalue weighted by Crippen LogP contribution is 2.31. The van der Waals surface area contributed by atoms with Gasteiger partial charge in [-0.15, -0.1) is 0 Å². The number of carboxylic acids is 1. The summed E-state index contributed by atoms with van der Waals surface area (Å²) in [5.74, 6) is -1.05. The normalized spacial score (nSPS) is 25.0. The Hall–Kier alpha value is -1.82. The number of hydrogen-bond acceptors (Lipinski definition) is 2. The van der Waals surface area contributed by atoms with Gasteiger partial charge in [-0.1, -0.05) is 23.7 Å². The van der Waals surface area contributed by atoms with E-state index in [4.69, 9.17) is 16.7 Å². The van der Waals surface area contributed by atoms with Crippen LogP contribution < -0.4 is 5.32 Å². The van der Waals surface area contributed by atoms with Crippen molar-refractivity contribution in [1.29, 1.82) is 0 Å². The smallest absolute Gasteiger partial charge is 0.317 e. The average molecular weight is 397 g/mol. The van der Waals surface area contributed by atoms with Crippen molar-refractivity contribution >= 4 is 23.6 Å². The average Bonchev–Trinajstić information content (AvgIpc) is 2.64. The van der Waals surface area contributed by atoms with Crippen LogP contribution in [0.5, 0.6) is 0 Å².